The van der Waals surface area contributed by atoms with Crippen LogP contribution in [-0.4, -0.2) is 28.6 Å². The molecule has 0 bridgehead atoms. The normalized spacial score (nSPS) is 10.5. The Labute approximate surface area is 119 Å². The molecule has 0 saturated heterocycles. The van der Waals surface area contributed by atoms with Gasteiger partial charge in [0.1, 0.15) is 6.61 Å². The lowest BCUT2D eigenvalue weighted by molar-refractivity contribution is 0.267. The minimum atomic E-state index is -0.0392. The number of aliphatic hydroxyl groups excluding tert-OH is 1. The lowest BCUT2D eigenvalue weighted by Crippen LogP contribution is -2.09. The number of rotatable bonds is 6. The first kappa shape index (κ1) is 13.9. The van der Waals surface area contributed by atoms with Gasteiger partial charge >= 0.3 is 0 Å². The van der Waals surface area contributed by atoms with Gasteiger partial charge in [0, 0.05) is 12.4 Å². The van der Waals surface area contributed by atoms with Crippen molar-refractivity contribution in [3.63, 3.8) is 0 Å². The molecule has 2 aromatic rings. The number of benzene rings is 1. The summed E-state index contributed by atoms with van der Waals surface area (Å²) in [7, 11) is 1.57. The van der Waals surface area contributed by atoms with Crippen LogP contribution in [0.2, 0.25) is 0 Å². The molecule has 6 heteroatoms. The molecule has 1 aromatic carbocycles. The highest BCUT2D eigenvalue weighted by Gasteiger charge is 2.11. The van der Waals surface area contributed by atoms with E-state index in [-0.39, 0.29) is 6.61 Å². The van der Waals surface area contributed by atoms with Crippen LogP contribution < -0.4 is 9.47 Å². The Morgan fingerprint density at radius 3 is 2.89 bits per heavy atom. The zero-order chi connectivity index (χ0) is 13.7. The van der Waals surface area contributed by atoms with Crippen LogP contribution in [0.25, 0.3) is 0 Å². The number of hydrogen-bond acceptors (Lipinski definition) is 4. The molecular weight excluding hydrogens is 312 g/mol. The molecule has 19 heavy (non-hydrogen) atoms. The van der Waals surface area contributed by atoms with Crippen LogP contribution in [0.4, 0.5) is 0 Å². The van der Waals surface area contributed by atoms with Crippen LogP contribution in [0.15, 0.2) is 35.1 Å². The molecule has 1 aromatic heterocycles. The molecule has 0 saturated carbocycles. The number of aromatic nitrogens is 2. The predicted molar refractivity (Wildman–Crippen MR) is 74.3 cm³/mol. The molecule has 0 aliphatic rings. The van der Waals surface area contributed by atoms with Crippen LogP contribution in [-0.2, 0) is 13.2 Å². The first-order valence-electron chi connectivity index (χ1n) is 5.82. The van der Waals surface area contributed by atoms with E-state index in [0.717, 1.165) is 10.0 Å². The van der Waals surface area contributed by atoms with E-state index >= 15 is 0 Å². The second-order valence-corrected chi connectivity index (χ2v) is 4.74. The summed E-state index contributed by atoms with van der Waals surface area (Å²) in [6.07, 6.45) is 3.61. The monoisotopic (exact) mass is 326 g/mol. The maximum Gasteiger partial charge on any atom is 0.175 e. The van der Waals surface area contributed by atoms with Crippen molar-refractivity contribution in [1.29, 1.82) is 0 Å². The van der Waals surface area contributed by atoms with Gasteiger partial charge in [-0.2, -0.15) is 5.10 Å². The Balaban J connectivity index is 2.06. The van der Waals surface area contributed by atoms with E-state index in [1.807, 2.05) is 18.3 Å². The Hall–Kier alpha value is -1.53. The van der Waals surface area contributed by atoms with Gasteiger partial charge in [-0.25, -0.2) is 0 Å². The zero-order valence-electron chi connectivity index (χ0n) is 10.5. The Kier molecular flexibility index (Phi) is 4.81. The molecule has 0 aliphatic heterocycles. The van der Waals surface area contributed by atoms with Crippen LogP contribution in [0, 0.1) is 0 Å². The molecule has 0 spiro atoms. The Bertz CT molecular complexity index is 529. The summed E-state index contributed by atoms with van der Waals surface area (Å²) in [5.74, 6) is 1.23. The summed E-state index contributed by atoms with van der Waals surface area (Å²) in [5.41, 5.74) is 0.767. The minimum absolute atomic E-state index is 0.0392. The minimum Gasteiger partial charge on any atom is -0.493 e. The smallest absolute Gasteiger partial charge is 0.175 e. The van der Waals surface area contributed by atoms with Crippen molar-refractivity contribution in [3.8, 4) is 11.5 Å². The largest absolute Gasteiger partial charge is 0.493 e. The SMILES string of the molecule is COc1cc(CO)cc(Br)c1OCCn1cccn1. The molecule has 0 atom stereocenters. The van der Waals surface area contributed by atoms with Gasteiger partial charge in [-0.05, 0) is 39.7 Å². The summed E-state index contributed by atoms with van der Waals surface area (Å²) in [5, 5.41) is 13.2. The van der Waals surface area contributed by atoms with Crippen molar-refractivity contribution in [2.75, 3.05) is 13.7 Å². The van der Waals surface area contributed by atoms with Crippen LogP contribution in [0.5, 0.6) is 11.5 Å². The van der Waals surface area contributed by atoms with Crippen molar-refractivity contribution >= 4 is 15.9 Å². The fourth-order valence-corrected chi connectivity index (χ4v) is 2.28. The molecule has 0 radical (unpaired) electrons. The number of ether oxygens (including phenoxy) is 2. The van der Waals surface area contributed by atoms with Crippen LogP contribution in [0.1, 0.15) is 5.56 Å². The Morgan fingerprint density at radius 2 is 2.26 bits per heavy atom. The number of hydrogen-bond donors (Lipinski definition) is 1. The quantitative estimate of drug-likeness (QED) is 0.884. The molecule has 2 rings (SSSR count). The van der Waals surface area contributed by atoms with Crippen LogP contribution >= 0.6 is 15.9 Å². The maximum atomic E-state index is 9.15. The molecule has 1 heterocycles. The Morgan fingerprint density at radius 1 is 1.42 bits per heavy atom. The second-order valence-electron chi connectivity index (χ2n) is 3.88. The molecular formula is C13H15BrN2O3. The zero-order valence-corrected chi connectivity index (χ0v) is 12.1. The lowest BCUT2D eigenvalue weighted by Gasteiger charge is -2.13. The maximum absolute atomic E-state index is 9.15. The van der Waals surface area contributed by atoms with Gasteiger partial charge < -0.3 is 14.6 Å². The second kappa shape index (κ2) is 6.58. The third-order valence-corrected chi connectivity index (χ3v) is 3.19. The van der Waals surface area contributed by atoms with Gasteiger partial charge in [0.05, 0.1) is 24.7 Å². The van der Waals surface area contributed by atoms with E-state index in [1.165, 1.54) is 0 Å². The van der Waals surface area contributed by atoms with Crippen molar-refractivity contribution < 1.29 is 14.6 Å². The van der Waals surface area contributed by atoms with Gasteiger partial charge in [-0.3, -0.25) is 4.68 Å². The molecule has 0 aliphatic carbocycles. The summed E-state index contributed by atoms with van der Waals surface area (Å²) < 4.78 is 13.5. The third kappa shape index (κ3) is 3.48. The number of nitrogens with zero attached hydrogens (tertiary/aromatic N) is 2. The van der Waals surface area contributed by atoms with Gasteiger partial charge in [-0.1, -0.05) is 0 Å². The number of methoxy groups -OCH3 is 1. The fourth-order valence-electron chi connectivity index (χ4n) is 1.68. The molecule has 1 N–H and O–H groups in total. The average molecular weight is 327 g/mol. The fraction of sp³-hybridized carbons (Fsp3) is 0.308. The summed E-state index contributed by atoms with van der Waals surface area (Å²) in [6.45, 7) is 1.10. The van der Waals surface area contributed by atoms with Gasteiger partial charge in [0.2, 0.25) is 0 Å². The van der Waals surface area contributed by atoms with Gasteiger partial charge in [-0.15, -0.1) is 0 Å². The highest BCUT2D eigenvalue weighted by molar-refractivity contribution is 9.10. The standard InChI is InChI=1S/C13H15BrN2O3/c1-18-12-8-10(9-17)7-11(14)13(12)19-6-5-16-4-2-3-15-16/h2-4,7-8,17H,5-6,9H2,1H3. The average Bonchev–Trinajstić information content (AvgIpc) is 2.93. The predicted octanol–water partition coefficient (Wildman–Crippen LogP) is 2.23. The molecule has 0 fully saturated rings. The van der Waals surface area contributed by atoms with Crippen molar-refractivity contribution in [2.24, 2.45) is 0 Å². The van der Waals surface area contributed by atoms with Crippen molar-refractivity contribution in [3.05, 3.63) is 40.6 Å². The molecule has 5 nitrogen and oxygen atoms in total. The van der Waals surface area contributed by atoms with E-state index in [2.05, 4.69) is 21.0 Å². The van der Waals surface area contributed by atoms with E-state index < -0.39 is 0 Å². The topological polar surface area (TPSA) is 56.5 Å². The summed E-state index contributed by atoms with van der Waals surface area (Å²) >= 11 is 3.42. The highest BCUT2D eigenvalue weighted by atomic mass is 79.9. The van der Waals surface area contributed by atoms with E-state index in [9.17, 15) is 0 Å². The summed E-state index contributed by atoms with van der Waals surface area (Å²) in [6, 6.07) is 5.44. The third-order valence-electron chi connectivity index (χ3n) is 2.60. The number of halogens is 1. The van der Waals surface area contributed by atoms with Crippen molar-refractivity contribution in [2.45, 2.75) is 13.2 Å². The molecule has 0 amide bonds. The molecule has 0 unspecified atom stereocenters. The first-order chi connectivity index (χ1) is 9.24. The lowest BCUT2D eigenvalue weighted by atomic mass is 10.2. The first-order valence-corrected chi connectivity index (χ1v) is 6.61. The highest BCUT2D eigenvalue weighted by Crippen LogP contribution is 2.36. The summed E-state index contributed by atoms with van der Waals surface area (Å²) in [4.78, 5) is 0. The van der Waals surface area contributed by atoms with Gasteiger partial charge in [0.15, 0.2) is 11.5 Å². The molecule has 102 valence electrons. The van der Waals surface area contributed by atoms with E-state index in [0.29, 0.717) is 24.7 Å². The van der Waals surface area contributed by atoms with Crippen LogP contribution in [0.3, 0.4) is 0 Å². The van der Waals surface area contributed by atoms with E-state index in [4.69, 9.17) is 14.6 Å². The van der Waals surface area contributed by atoms with Gasteiger partial charge in [0.25, 0.3) is 0 Å². The number of aliphatic hydroxyl groups is 1. The van der Waals surface area contributed by atoms with E-state index in [1.54, 1.807) is 24.1 Å². The van der Waals surface area contributed by atoms with Crippen molar-refractivity contribution in [1.82, 2.24) is 9.78 Å².